The summed E-state index contributed by atoms with van der Waals surface area (Å²) in [7, 11) is 3.04. The number of hydrogen-bond acceptors (Lipinski definition) is 5. The van der Waals surface area contributed by atoms with Crippen LogP contribution < -0.4 is 9.47 Å². The highest BCUT2D eigenvalue weighted by atomic mass is 16.5. The first-order chi connectivity index (χ1) is 8.56. The van der Waals surface area contributed by atoms with Crippen molar-refractivity contribution in [3.63, 3.8) is 0 Å². The second-order valence-electron chi connectivity index (χ2n) is 3.73. The van der Waals surface area contributed by atoms with Crippen LogP contribution in [0, 0.1) is 0 Å². The van der Waals surface area contributed by atoms with Crippen LogP contribution in [0.15, 0.2) is 12.1 Å². The molecule has 1 aromatic carbocycles. The molecular weight excluding hydrogens is 238 g/mol. The van der Waals surface area contributed by atoms with Crippen LogP contribution in [0.3, 0.4) is 0 Å². The van der Waals surface area contributed by atoms with Crippen LogP contribution in [0.1, 0.15) is 13.0 Å². The fourth-order valence-corrected chi connectivity index (χ4v) is 1.53. The maximum atomic E-state index is 10.9. The largest absolute Gasteiger partial charge is 0.493 e. The van der Waals surface area contributed by atoms with Gasteiger partial charge in [0.05, 0.1) is 14.2 Å². The Kier molecular flexibility index (Phi) is 3.05. The number of benzene rings is 1. The Morgan fingerprint density at radius 3 is 2.00 bits per heavy atom. The third kappa shape index (κ3) is 1.94. The topological polar surface area (TPSA) is 86.5 Å². The Morgan fingerprint density at radius 1 is 1.22 bits per heavy atom. The van der Waals surface area contributed by atoms with Crippen molar-refractivity contribution in [2.45, 2.75) is 13.0 Å². The van der Waals surface area contributed by atoms with Crippen molar-refractivity contribution in [2.24, 2.45) is 0 Å². The molecule has 1 heterocycles. The number of carboxylic acids is 1. The lowest BCUT2D eigenvalue weighted by atomic mass is 10.3. The van der Waals surface area contributed by atoms with Gasteiger partial charge >= 0.3 is 5.97 Å². The van der Waals surface area contributed by atoms with Crippen LogP contribution in [0.2, 0.25) is 0 Å². The van der Waals surface area contributed by atoms with E-state index < -0.39 is 12.0 Å². The maximum Gasteiger partial charge on any atom is 0.330 e. The molecule has 2 rings (SSSR count). The molecule has 0 saturated carbocycles. The highest BCUT2D eigenvalue weighted by molar-refractivity contribution is 5.79. The van der Waals surface area contributed by atoms with Gasteiger partial charge in [-0.05, 0) is 6.92 Å². The Morgan fingerprint density at radius 2 is 1.67 bits per heavy atom. The average molecular weight is 251 g/mol. The first-order valence-corrected chi connectivity index (χ1v) is 5.28. The highest BCUT2D eigenvalue weighted by Crippen LogP contribution is 2.30. The number of aromatic nitrogens is 3. The fourth-order valence-electron chi connectivity index (χ4n) is 1.53. The zero-order valence-corrected chi connectivity index (χ0v) is 10.2. The first-order valence-electron chi connectivity index (χ1n) is 5.28. The van der Waals surface area contributed by atoms with E-state index in [2.05, 4.69) is 10.2 Å². The van der Waals surface area contributed by atoms with Crippen molar-refractivity contribution in [1.82, 2.24) is 15.0 Å². The molecule has 7 heteroatoms. The minimum atomic E-state index is -0.991. The number of carboxylic acid groups (broad SMARTS) is 1. The summed E-state index contributed by atoms with van der Waals surface area (Å²) in [4.78, 5) is 12.0. The molecule has 0 saturated heterocycles. The zero-order valence-electron chi connectivity index (χ0n) is 10.2. The Bertz CT molecular complexity index is 552. The second-order valence-corrected chi connectivity index (χ2v) is 3.73. The van der Waals surface area contributed by atoms with Gasteiger partial charge in [0.25, 0.3) is 0 Å². The summed E-state index contributed by atoms with van der Waals surface area (Å²) < 4.78 is 10.3. The molecular formula is C11H13N3O4. The van der Waals surface area contributed by atoms with Gasteiger partial charge in [0.1, 0.15) is 11.0 Å². The van der Waals surface area contributed by atoms with Crippen molar-refractivity contribution < 1.29 is 19.4 Å². The quantitative estimate of drug-likeness (QED) is 0.875. The first kappa shape index (κ1) is 12.2. The van der Waals surface area contributed by atoms with Crippen molar-refractivity contribution in [2.75, 3.05) is 14.2 Å². The van der Waals surface area contributed by atoms with E-state index in [9.17, 15) is 4.79 Å². The van der Waals surface area contributed by atoms with E-state index in [1.807, 2.05) is 0 Å². The SMILES string of the molecule is COc1cc2nn(C(C)C(=O)O)nc2cc1OC. The summed E-state index contributed by atoms with van der Waals surface area (Å²) in [6.07, 6.45) is 0. The summed E-state index contributed by atoms with van der Waals surface area (Å²) in [6.45, 7) is 1.51. The monoisotopic (exact) mass is 251 g/mol. The molecule has 1 N–H and O–H groups in total. The van der Waals surface area contributed by atoms with Crippen LogP contribution in [0.5, 0.6) is 11.5 Å². The van der Waals surface area contributed by atoms with Gasteiger partial charge in [-0.3, -0.25) is 0 Å². The lowest BCUT2D eigenvalue weighted by Gasteiger charge is -2.05. The van der Waals surface area contributed by atoms with Crippen LogP contribution in [-0.2, 0) is 4.79 Å². The molecule has 0 amide bonds. The number of nitrogens with zero attached hydrogens (tertiary/aromatic N) is 3. The van der Waals surface area contributed by atoms with E-state index in [-0.39, 0.29) is 0 Å². The van der Waals surface area contributed by atoms with E-state index >= 15 is 0 Å². The van der Waals surface area contributed by atoms with Crippen LogP contribution in [0.25, 0.3) is 11.0 Å². The van der Waals surface area contributed by atoms with Gasteiger partial charge in [-0.2, -0.15) is 15.0 Å². The smallest absolute Gasteiger partial charge is 0.330 e. The minimum Gasteiger partial charge on any atom is -0.493 e. The molecule has 0 radical (unpaired) electrons. The third-order valence-electron chi connectivity index (χ3n) is 2.60. The van der Waals surface area contributed by atoms with Gasteiger partial charge in [0.15, 0.2) is 17.5 Å². The number of methoxy groups -OCH3 is 2. The van der Waals surface area contributed by atoms with Gasteiger partial charge < -0.3 is 14.6 Å². The normalized spacial score (nSPS) is 12.4. The summed E-state index contributed by atoms with van der Waals surface area (Å²) >= 11 is 0. The van der Waals surface area contributed by atoms with Crippen LogP contribution >= 0.6 is 0 Å². The molecule has 0 spiro atoms. The molecule has 0 aliphatic rings. The number of aliphatic carboxylic acids is 1. The van der Waals surface area contributed by atoms with Crippen molar-refractivity contribution in [3.8, 4) is 11.5 Å². The molecule has 0 aliphatic heterocycles. The van der Waals surface area contributed by atoms with Crippen molar-refractivity contribution >= 4 is 17.0 Å². The number of ether oxygens (including phenoxy) is 2. The number of carbonyl (C=O) groups is 1. The predicted molar refractivity (Wildman–Crippen MR) is 63.0 cm³/mol. The van der Waals surface area contributed by atoms with E-state index in [1.165, 1.54) is 21.1 Å². The van der Waals surface area contributed by atoms with E-state index in [0.717, 1.165) is 4.80 Å². The molecule has 1 unspecified atom stereocenters. The fraction of sp³-hybridized carbons (Fsp3) is 0.364. The molecule has 1 aromatic heterocycles. The molecule has 0 bridgehead atoms. The Labute approximate surface area is 103 Å². The number of hydrogen-bond donors (Lipinski definition) is 1. The second kappa shape index (κ2) is 4.52. The third-order valence-corrected chi connectivity index (χ3v) is 2.60. The van der Waals surface area contributed by atoms with Gasteiger partial charge in [-0.15, -0.1) is 0 Å². The van der Waals surface area contributed by atoms with E-state index in [4.69, 9.17) is 14.6 Å². The molecule has 0 aliphatic carbocycles. The Hall–Kier alpha value is -2.31. The summed E-state index contributed by atoms with van der Waals surface area (Å²) in [5, 5.41) is 17.1. The lowest BCUT2D eigenvalue weighted by Crippen LogP contribution is -2.17. The van der Waals surface area contributed by atoms with Crippen LogP contribution in [-0.4, -0.2) is 40.3 Å². The lowest BCUT2D eigenvalue weighted by molar-refractivity contribution is -0.140. The van der Waals surface area contributed by atoms with Crippen LogP contribution in [0.4, 0.5) is 0 Å². The summed E-state index contributed by atoms with van der Waals surface area (Å²) in [5.74, 6) is 0.0642. The predicted octanol–water partition coefficient (Wildman–Crippen LogP) is 1.09. The molecule has 96 valence electrons. The van der Waals surface area contributed by atoms with Gasteiger partial charge in [-0.1, -0.05) is 0 Å². The minimum absolute atomic E-state index is 0.528. The average Bonchev–Trinajstić information content (AvgIpc) is 2.78. The molecule has 1 atom stereocenters. The summed E-state index contributed by atoms with van der Waals surface area (Å²) in [5.41, 5.74) is 1.11. The maximum absolute atomic E-state index is 10.9. The van der Waals surface area contributed by atoms with Crippen molar-refractivity contribution in [1.29, 1.82) is 0 Å². The molecule has 0 fully saturated rings. The molecule has 2 aromatic rings. The van der Waals surface area contributed by atoms with Gasteiger partial charge in [0, 0.05) is 12.1 Å². The summed E-state index contributed by atoms with van der Waals surface area (Å²) in [6, 6.07) is 2.49. The van der Waals surface area contributed by atoms with Crippen molar-refractivity contribution in [3.05, 3.63) is 12.1 Å². The molecule has 7 nitrogen and oxygen atoms in total. The number of fused-ring (bicyclic) bond motifs is 1. The van der Waals surface area contributed by atoms with Gasteiger partial charge in [0.2, 0.25) is 0 Å². The number of rotatable bonds is 4. The van der Waals surface area contributed by atoms with E-state index in [1.54, 1.807) is 12.1 Å². The zero-order chi connectivity index (χ0) is 13.3. The van der Waals surface area contributed by atoms with E-state index in [0.29, 0.717) is 22.5 Å². The Balaban J connectivity index is 2.54. The standard InChI is InChI=1S/C11H13N3O4/c1-6(11(15)16)14-12-7-4-9(17-2)10(18-3)5-8(7)13-14/h4-6H,1-3H3,(H,15,16). The van der Waals surface area contributed by atoms with Gasteiger partial charge in [-0.25, -0.2) is 4.79 Å². The highest BCUT2D eigenvalue weighted by Gasteiger charge is 2.17. The molecule has 18 heavy (non-hydrogen) atoms.